The number of fused-ring (bicyclic) bond motifs is 1. The Labute approximate surface area is 185 Å². The summed E-state index contributed by atoms with van der Waals surface area (Å²) in [5.41, 5.74) is 0.953. The Kier molecular flexibility index (Phi) is 7.21. The van der Waals surface area contributed by atoms with Crippen molar-refractivity contribution in [1.82, 2.24) is 5.32 Å². The molecule has 0 aliphatic carbocycles. The molecule has 2 N–H and O–H groups in total. The van der Waals surface area contributed by atoms with Crippen LogP contribution in [-0.2, 0) is 4.79 Å². The number of allylic oxidation sites excluding steroid dienone is 1. The van der Waals surface area contributed by atoms with Crippen molar-refractivity contribution < 1.29 is 38.4 Å². The zero-order chi connectivity index (χ0) is 23.3. The first-order valence-electron chi connectivity index (χ1n) is 9.81. The number of carbonyl (C=O) groups is 2. The fraction of sp³-hybridized carbons (Fsp3) is 0.304. The van der Waals surface area contributed by atoms with E-state index < -0.39 is 0 Å². The SMILES string of the molecule is COc1cc(OC)c(OC)cc1/C=C1\Oc2cc(OCC(=O)N[C@@H](C)CO)ccc2C1=O. The van der Waals surface area contributed by atoms with Crippen molar-refractivity contribution in [2.75, 3.05) is 34.5 Å². The van der Waals surface area contributed by atoms with E-state index in [0.29, 0.717) is 39.9 Å². The number of rotatable bonds is 9. The molecule has 0 spiro atoms. The van der Waals surface area contributed by atoms with Crippen LogP contribution in [0.2, 0.25) is 0 Å². The topological polar surface area (TPSA) is 113 Å². The van der Waals surface area contributed by atoms with E-state index in [1.165, 1.54) is 21.3 Å². The van der Waals surface area contributed by atoms with Crippen LogP contribution >= 0.6 is 0 Å². The molecular formula is C23H25NO8. The molecule has 1 aliphatic rings. The van der Waals surface area contributed by atoms with Crippen LogP contribution in [0.25, 0.3) is 6.08 Å². The molecule has 0 aromatic heterocycles. The van der Waals surface area contributed by atoms with Crippen LogP contribution in [0.4, 0.5) is 0 Å². The third-order valence-electron chi connectivity index (χ3n) is 4.72. The normalized spacial score (nSPS) is 14.4. The zero-order valence-electron chi connectivity index (χ0n) is 18.3. The monoisotopic (exact) mass is 443 g/mol. The molecule has 0 saturated heterocycles. The van der Waals surface area contributed by atoms with Gasteiger partial charge >= 0.3 is 0 Å². The number of aliphatic hydroxyl groups excluding tert-OH is 1. The second-order valence-electron chi connectivity index (χ2n) is 6.99. The Morgan fingerprint density at radius 1 is 1.09 bits per heavy atom. The number of aliphatic hydroxyl groups is 1. The maximum absolute atomic E-state index is 12.8. The highest BCUT2D eigenvalue weighted by atomic mass is 16.5. The minimum absolute atomic E-state index is 0.109. The van der Waals surface area contributed by atoms with Gasteiger partial charge in [0.15, 0.2) is 23.9 Å². The van der Waals surface area contributed by atoms with Crippen LogP contribution in [0.15, 0.2) is 36.1 Å². The summed E-state index contributed by atoms with van der Waals surface area (Å²) in [5.74, 6) is 1.59. The first-order valence-corrected chi connectivity index (χ1v) is 9.81. The minimum atomic E-state index is -0.370. The molecule has 0 bridgehead atoms. The van der Waals surface area contributed by atoms with Crippen LogP contribution in [-0.4, -0.2) is 57.4 Å². The number of methoxy groups -OCH3 is 3. The van der Waals surface area contributed by atoms with E-state index in [-0.39, 0.29) is 36.7 Å². The van der Waals surface area contributed by atoms with Gasteiger partial charge in [-0.25, -0.2) is 0 Å². The van der Waals surface area contributed by atoms with Gasteiger partial charge in [-0.1, -0.05) is 0 Å². The fourth-order valence-electron chi connectivity index (χ4n) is 3.07. The standard InChI is InChI=1S/C23H25NO8/c1-13(11-25)24-22(26)12-31-15-5-6-16-18(9-15)32-21(23(16)27)8-14-7-19(29-3)20(30-4)10-17(14)28-2/h5-10,13,25H,11-12H2,1-4H3,(H,24,26)/b21-8-/t13-/m0/s1. The lowest BCUT2D eigenvalue weighted by Gasteiger charge is -2.12. The third-order valence-corrected chi connectivity index (χ3v) is 4.72. The van der Waals surface area contributed by atoms with Crippen LogP contribution in [0.5, 0.6) is 28.7 Å². The van der Waals surface area contributed by atoms with Gasteiger partial charge in [0.2, 0.25) is 5.78 Å². The number of nitrogens with one attached hydrogen (secondary N) is 1. The van der Waals surface area contributed by atoms with Crippen LogP contribution in [0.1, 0.15) is 22.8 Å². The van der Waals surface area contributed by atoms with Crippen molar-refractivity contribution in [1.29, 1.82) is 0 Å². The molecule has 32 heavy (non-hydrogen) atoms. The molecule has 0 radical (unpaired) electrons. The first kappa shape index (κ1) is 23.0. The van der Waals surface area contributed by atoms with E-state index in [4.69, 9.17) is 28.8 Å². The molecule has 1 aliphatic heterocycles. The zero-order valence-corrected chi connectivity index (χ0v) is 18.3. The molecule has 3 rings (SSSR count). The Balaban J connectivity index is 1.79. The van der Waals surface area contributed by atoms with E-state index in [1.54, 1.807) is 43.3 Å². The van der Waals surface area contributed by atoms with Gasteiger partial charge in [-0.3, -0.25) is 9.59 Å². The largest absolute Gasteiger partial charge is 0.496 e. The minimum Gasteiger partial charge on any atom is -0.496 e. The fourth-order valence-corrected chi connectivity index (χ4v) is 3.07. The molecule has 0 saturated carbocycles. The molecule has 0 fully saturated rings. The lowest BCUT2D eigenvalue weighted by atomic mass is 10.1. The van der Waals surface area contributed by atoms with E-state index >= 15 is 0 Å². The lowest BCUT2D eigenvalue weighted by molar-refractivity contribution is -0.124. The molecule has 1 atom stereocenters. The van der Waals surface area contributed by atoms with Crippen LogP contribution in [0, 0.1) is 0 Å². The van der Waals surface area contributed by atoms with Crippen molar-refractivity contribution in [2.45, 2.75) is 13.0 Å². The molecule has 2 aromatic carbocycles. The predicted molar refractivity (Wildman–Crippen MR) is 116 cm³/mol. The smallest absolute Gasteiger partial charge is 0.258 e. The molecule has 1 heterocycles. The van der Waals surface area contributed by atoms with Crippen LogP contribution in [0.3, 0.4) is 0 Å². The molecule has 170 valence electrons. The number of amides is 1. The second kappa shape index (κ2) is 10.1. The average molecular weight is 443 g/mol. The highest BCUT2D eigenvalue weighted by Gasteiger charge is 2.28. The van der Waals surface area contributed by atoms with Gasteiger partial charge in [0, 0.05) is 23.7 Å². The number of benzene rings is 2. The van der Waals surface area contributed by atoms with E-state index in [2.05, 4.69) is 5.32 Å². The van der Waals surface area contributed by atoms with Gasteiger partial charge < -0.3 is 34.1 Å². The summed E-state index contributed by atoms with van der Waals surface area (Å²) in [6, 6.07) is 7.68. The first-order chi connectivity index (χ1) is 15.4. The highest BCUT2D eigenvalue weighted by molar-refractivity contribution is 6.14. The summed E-state index contributed by atoms with van der Waals surface area (Å²) in [6.07, 6.45) is 1.56. The van der Waals surface area contributed by atoms with Crippen molar-refractivity contribution in [3.63, 3.8) is 0 Å². The van der Waals surface area contributed by atoms with Crippen molar-refractivity contribution in [2.24, 2.45) is 0 Å². The van der Waals surface area contributed by atoms with Gasteiger partial charge in [-0.15, -0.1) is 0 Å². The molecule has 9 heteroatoms. The quantitative estimate of drug-likeness (QED) is 0.568. The van der Waals surface area contributed by atoms with Gasteiger partial charge in [-0.05, 0) is 31.2 Å². The Bertz CT molecular complexity index is 1050. The summed E-state index contributed by atoms with van der Waals surface area (Å²) in [7, 11) is 4.54. The molecular weight excluding hydrogens is 418 g/mol. The summed E-state index contributed by atoms with van der Waals surface area (Å²) in [5, 5.41) is 11.6. The van der Waals surface area contributed by atoms with E-state index in [9.17, 15) is 9.59 Å². The van der Waals surface area contributed by atoms with Crippen LogP contribution < -0.4 is 29.0 Å². The summed E-state index contributed by atoms with van der Waals surface area (Å²) < 4.78 is 27.2. The molecule has 0 unspecified atom stereocenters. The molecule has 9 nitrogen and oxygen atoms in total. The Hall–Kier alpha value is -3.72. The Morgan fingerprint density at radius 3 is 2.44 bits per heavy atom. The average Bonchev–Trinajstić information content (AvgIpc) is 3.11. The summed E-state index contributed by atoms with van der Waals surface area (Å²) >= 11 is 0. The molecule has 2 aromatic rings. The van der Waals surface area contributed by atoms with Gasteiger partial charge in [-0.2, -0.15) is 0 Å². The lowest BCUT2D eigenvalue weighted by Crippen LogP contribution is -2.38. The number of ketones is 1. The van der Waals surface area contributed by atoms with Crippen molar-refractivity contribution in [3.05, 3.63) is 47.2 Å². The number of carbonyl (C=O) groups excluding carboxylic acids is 2. The number of Topliss-reactive ketones (excluding diaryl/α,β-unsaturated/α-hetero) is 1. The van der Waals surface area contributed by atoms with Gasteiger partial charge in [0.1, 0.15) is 17.2 Å². The number of hydrogen-bond acceptors (Lipinski definition) is 8. The third kappa shape index (κ3) is 4.94. The summed E-state index contributed by atoms with van der Waals surface area (Å²) in [4.78, 5) is 24.6. The van der Waals surface area contributed by atoms with Gasteiger partial charge in [0.25, 0.3) is 5.91 Å². The second-order valence-corrected chi connectivity index (χ2v) is 6.99. The van der Waals surface area contributed by atoms with E-state index in [0.717, 1.165) is 0 Å². The predicted octanol–water partition coefficient (Wildman–Crippen LogP) is 2.20. The highest BCUT2D eigenvalue weighted by Crippen LogP contribution is 2.39. The number of ether oxygens (including phenoxy) is 5. The molecule has 1 amide bonds. The maximum Gasteiger partial charge on any atom is 0.258 e. The Morgan fingerprint density at radius 2 is 1.78 bits per heavy atom. The van der Waals surface area contributed by atoms with E-state index in [1.807, 2.05) is 0 Å². The van der Waals surface area contributed by atoms with Gasteiger partial charge in [0.05, 0.1) is 33.5 Å². The van der Waals surface area contributed by atoms with Crippen molar-refractivity contribution in [3.8, 4) is 28.7 Å². The maximum atomic E-state index is 12.8. The number of hydrogen-bond donors (Lipinski definition) is 2. The van der Waals surface area contributed by atoms with Crippen molar-refractivity contribution >= 4 is 17.8 Å². The summed E-state index contributed by atoms with van der Waals surface area (Å²) in [6.45, 7) is 1.27.